The predicted octanol–water partition coefficient (Wildman–Crippen LogP) is 3.30. The molecule has 0 spiro atoms. The predicted molar refractivity (Wildman–Crippen MR) is 88.2 cm³/mol. The van der Waals surface area contributed by atoms with Gasteiger partial charge in [0.05, 0.1) is 0 Å². The highest BCUT2D eigenvalue weighted by Crippen LogP contribution is 2.33. The Balaban J connectivity index is 2.21. The van der Waals surface area contributed by atoms with E-state index in [4.69, 9.17) is 5.11 Å². The molecule has 0 aromatic heterocycles. The van der Waals surface area contributed by atoms with E-state index < -0.39 is 0 Å². The number of halogens is 1. The summed E-state index contributed by atoms with van der Waals surface area (Å²) < 4.78 is 1.13. The number of hydrogen-bond acceptors (Lipinski definition) is 3. The van der Waals surface area contributed by atoms with Gasteiger partial charge in [0.2, 0.25) is 0 Å². The van der Waals surface area contributed by atoms with Crippen LogP contribution < -0.4 is 10.2 Å². The molecule has 20 heavy (non-hydrogen) atoms. The molecular formula is C16H25BrN2O. The molecule has 0 atom stereocenters. The van der Waals surface area contributed by atoms with Crippen molar-refractivity contribution in [3.05, 3.63) is 28.2 Å². The second-order valence-electron chi connectivity index (χ2n) is 5.41. The van der Waals surface area contributed by atoms with Gasteiger partial charge in [0.15, 0.2) is 0 Å². The summed E-state index contributed by atoms with van der Waals surface area (Å²) >= 11 is 3.59. The van der Waals surface area contributed by atoms with E-state index in [1.165, 1.54) is 30.5 Å². The highest BCUT2D eigenvalue weighted by molar-refractivity contribution is 9.10. The van der Waals surface area contributed by atoms with Crippen molar-refractivity contribution in [1.82, 2.24) is 5.32 Å². The topological polar surface area (TPSA) is 35.5 Å². The summed E-state index contributed by atoms with van der Waals surface area (Å²) in [6.45, 7) is 5.22. The zero-order valence-electron chi connectivity index (χ0n) is 12.2. The molecule has 0 bridgehead atoms. The van der Waals surface area contributed by atoms with Gasteiger partial charge in [-0.1, -0.05) is 28.9 Å². The molecule has 0 radical (unpaired) electrons. The normalized spacial score (nSPS) is 15.2. The molecule has 3 nitrogen and oxygen atoms in total. The van der Waals surface area contributed by atoms with E-state index in [1.807, 2.05) is 0 Å². The second-order valence-corrected chi connectivity index (χ2v) is 6.32. The molecule has 2 N–H and O–H groups in total. The highest BCUT2D eigenvalue weighted by atomic mass is 79.9. The van der Waals surface area contributed by atoms with E-state index in [0.29, 0.717) is 6.04 Å². The Labute approximate surface area is 130 Å². The van der Waals surface area contributed by atoms with E-state index in [1.54, 1.807) is 0 Å². The minimum atomic E-state index is 0.264. The second kappa shape index (κ2) is 8.01. The maximum absolute atomic E-state index is 9.15. The van der Waals surface area contributed by atoms with Crippen molar-refractivity contribution in [3.63, 3.8) is 0 Å². The van der Waals surface area contributed by atoms with Gasteiger partial charge in [0, 0.05) is 35.9 Å². The number of benzene rings is 1. The molecule has 112 valence electrons. The Morgan fingerprint density at radius 1 is 1.40 bits per heavy atom. The first-order valence-electron chi connectivity index (χ1n) is 7.63. The Kier molecular flexibility index (Phi) is 6.33. The molecule has 1 aromatic rings. The van der Waals surface area contributed by atoms with Crippen LogP contribution in [-0.4, -0.2) is 30.8 Å². The van der Waals surface area contributed by atoms with Gasteiger partial charge in [-0.2, -0.15) is 0 Å². The Hall–Kier alpha value is -0.580. The molecule has 0 heterocycles. The first-order valence-corrected chi connectivity index (χ1v) is 8.42. The van der Waals surface area contributed by atoms with Crippen LogP contribution in [0.5, 0.6) is 0 Å². The molecule has 1 aromatic carbocycles. The molecule has 1 saturated carbocycles. The van der Waals surface area contributed by atoms with E-state index in [2.05, 4.69) is 51.3 Å². The number of nitrogens with zero attached hydrogens (tertiary/aromatic N) is 1. The Morgan fingerprint density at radius 2 is 2.20 bits per heavy atom. The van der Waals surface area contributed by atoms with Crippen LogP contribution in [0, 0.1) is 0 Å². The van der Waals surface area contributed by atoms with Crippen molar-refractivity contribution < 1.29 is 5.11 Å². The van der Waals surface area contributed by atoms with E-state index in [0.717, 1.165) is 30.5 Å². The van der Waals surface area contributed by atoms with Gasteiger partial charge in [-0.25, -0.2) is 0 Å². The van der Waals surface area contributed by atoms with Gasteiger partial charge in [0.1, 0.15) is 0 Å². The number of aliphatic hydroxyl groups is 1. The Bertz CT molecular complexity index is 421. The molecule has 4 heteroatoms. The van der Waals surface area contributed by atoms with E-state index >= 15 is 0 Å². The third-order valence-corrected chi connectivity index (χ3v) is 4.49. The molecule has 0 saturated heterocycles. The van der Waals surface area contributed by atoms with Crippen molar-refractivity contribution in [2.75, 3.05) is 24.6 Å². The van der Waals surface area contributed by atoms with Crippen LogP contribution in [0.3, 0.4) is 0 Å². The smallest absolute Gasteiger partial charge is 0.0447 e. The largest absolute Gasteiger partial charge is 0.396 e. The van der Waals surface area contributed by atoms with Crippen LogP contribution in [-0.2, 0) is 6.54 Å². The summed E-state index contributed by atoms with van der Waals surface area (Å²) in [6, 6.07) is 7.19. The summed E-state index contributed by atoms with van der Waals surface area (Å²) in [7, 11) is 0. The fraction of sp³-hybridized carbons (Fsp3) is 0.625. The first-order chi connectivity index (χ1) is 9.76. The standard InChI is InChI=1S/C16H25BrN2O/c1-2-18-12-13-7-8-14(17)11-16(13)19(9-4-10-20)15-5-3-6-15/h7-8,11,15,18,20H,2-6,9-10,12H2,1H3. The van der Waals surface area contributed by atoms with Crippen molar-refractivity contribution in [3.8, 4) is 0 Å². The fourth-order valence-corrected chi connectivity index (χ4v) is 3.00. The lowest BCUT2D eigenvalue weighted by Crippen LogP contribution is -2.41. The summed E-state index contributed by atoms with van der Waals surface area (Å²) in [5.41, 5.74) is 2.67. The summed E-state index contributed by atoms with van der Waals surface area (Å²) in [6.07, 6.45) is 4.72. The van der Waals surface area contributed by atoms with Crippen molar-refractivity contribution >= 4 is 21.6 Å². The lowest BCUT2D eigenvalue weighted by Gasteiger charge is -2.40. The molecule has 0 aliphatic heterocycles. The first kappa shape index (κ1) is 15.8. The SMILES string of the molecule is CCNCc1ccc(Br)cc1N(CCCO)C1CCC1. The van der Waals surface area contributed by atoms with Gasteiger partial charge < -0.3 is 15.3 Å². The monoisotopic (exact) mass is 340 g/mol. The van der Waals surface area contributed by atoms with Crippen molar-refractivity contribution in [1.29, 1.82) is 0 Å². The number of anilines is 1. The number of rotatable bonds is 8. The molecule has 1 aliphatic rings. The maximum atomic E-state index is 9.15. The molecule has 2 rings (SSSR count). The van der Waals surface area contributed by atoms with Gasteiger partial charge in [-0.05, 0) is 49.9 Å². The van der Waals surface area contributed by atoms with Crippen LogP contribution in [0.15, 0.2) is 22.7 Å². The summed E-state index contributed by atoms with van der Waals surface area (Å²) in [4.78, 5) is 2.50. The van der Waals surface area contributed by atoms with Gasteiger partial charge in [-0.3, -0.25) is 0 Å². The van der Waals surface area contributed by atoms with Crippen LogP contribution in [0.2, 0.25) is 0 Å². The highest BCUT2D eigenvalue weighted by Gasteiger charge is 2.26. The third-order valence-electron chi connectivity index (χ3n) is 3.99. The number of nitrogens with one attached hydrogen (secondary N) is 1. The van der Waals surface area contributed by atoms with Crippen LogP contribution in [0.4, 0.5) is 5.69 Å². The zero-order chi connectivity index (χ0) is 14.4. The third kappa shape index (κ3) is 3.96. The molecular weight excluding hydrogens is 316 g/mol. The average molecular weight is 341 g/mol. The number of aliphatic hydroxyl groups excluding tert-OH is 1. The summed E-state index contributed by atoms with van der Waals surface area (Å²) in [5, 5.41) is 12.6. The summed E-state index contributed by atoms with van der Waals surface area (Å²) in [5.74, 6) is 0. The zero-order valence-corrected chi connectivity index (χ0v) is 13.8. The van der Waals surface area contributed by atoms with Crippen molar-refractivity contribution in [2.24, 2.45) is 0 Å². The quantitative estimate of drug-likeness (QED) is 0.762. The Morgan fingerprint density at radius 3 is 2.80 bits per heavy atom. The molecule has 1 aliphatic carbocycles. The van der Waals surface area contributed by atoms with Crippen molar-refractivity contribution in [2.45, 2.75) is 45.2 Å². The minimum absolute atomic E-state index is 0.264. The lowest BCUT2D eigenvalue weighted by atomic mass is 9.90. The average Bonchev–Trinajstić information content (AvgIpc) is 2.40. The minimum Gasteiger partial charge on any atom is -0.396 e. The maximum Gasteiger partial charge on any atom is 0.0447 e. The lowest BCUT2D eigenvalue weighted by molar-refractivity contribution is 0.283. The van der Waals surface area contributed by atoms with Gasteiger partial charge >= 0.3 is 0 Å². The van der Waals surface area contributed by atoms with E-state index in [9.17, 15) is 0 Å². The molecule has 1 fully saturated rings. The number of hydrogen-bond donors (Lipinski definition) is 2. The molecule has 0 unspecified atom stereocenters. The van der Waals surface area contributed by atoms with Crippen LogP contribution in [0.1, 0.15) is 38.2 Å². The van der Waals surface area contributed by atoms with Gasteiger partial charge in [0.25, 0.3) is 0 Å². The fourth-order valence-electron chi connectivity index (χ4n) is 2.65. The molecule has 0 amide bonds. The van der Waals surface area contributed by atoms with Gasteiger partial charge in [-0.15, -0.1) is 0 Å². The van der Waals surface area contributed by atoms with Crippen LogP contribution >= 0.6 is 15.9 Å². The van der Waals surface area contributed by atoms with Crippen LogP contribution in [0.25, 0.3) is 0 Å². The van der Waals surface area contributed by atoms with E-state index in [-0.39, 0.29) is 6.61 Å².